The quantitative estimate of drug-likeness (QED) is 0.407. The first-order valence-corrected chi connectivity index (χ1v) is 13.2. The van der Waals surface area contributed by atoms with Crippen molar-refractivity contribution in [3.8, 4) is 23.2 Å². The molecule has 1 amide bonds. The molecule has 5 rings (SSSR count). The fraction of sp³-hybridized carbons (Fsp3) is 0.519. The van der Waals surface area contributed by atoms with E-state index in [-0.39, 0.29) is 48.3 Å². The third-order valence-electron chi connectivity index (χ3n) is 7.49. The maximum absolute atomic E-state index is 14.0. The van der Waals surface area contributed by atoms with Gasteiger partial charge in [0.2, 0.25) is 17.6 Å². The molecule has 3 aromatic heterocycles. The molecule has 10 nitrogen and oxygen atoms in total. The summed E-state index contributed by atoms with van der Waals surface area (Å²) in [5.74, 6) is -0.550. The molecule has 2 aliphatic heterocycles. The summed E-state index contributed by atoms with van der Waals surface area (Å²) in [6.07, 6.45) is 1.36. The van der Waals surface area contributed by atoms with Crippen LogP contribution >= 0.6 is 0 Å². The van der Waals surface area contributed by atoms with E-state index in [1.165, 1.54) is 6.20 Å². The summed E-state index contributed by atoms with van der Waals surface area (Å²) in [6, 6.07) is 4.40. The van der Waals surface area contributed by atoms with E-state index < -0.39 is 17.6 Å². The maximum Gasteiger partial charge on any atom is 0.421 e. The van der Waals surface area contributed by atoms with E-state index in [2.05, 4.69) is 19.9 Å². The van der Waals surface area contributed by atoms with Crippen molar-refractivity contribution in [2.45, 2.75) is 44.0 Å². The topological polar surface area (TPSA) is 109 Å². The number of hydrogen-bond acceptors (Lipinski definition) is 8. The number of halogens is 3. The van der Waals surface area contributed by atoms with Crippen molar-refractivity contribution >= 4 is 16.9 Å². The lowest BCUT2D eigenvalue weighted by Gasteiger charge is -2.34. The maximum atomic E-state index is 14.0. The standard InChI is InChI=1S/C27H30F3N7O3/c1-35-8-3-4-21(35)26(38)37-10-5-18(6-11-37)39-12-13-40-25-20(27(28,29)30)14-17(16-32-25)23-19-7-9-36(2)24(19)34-22(15-31)33-23/h7,9,14,16,18,21H,3-6,8,10-13H2,1-2H3/t21-/m0/s1. The zero-order chi connectivity index (χ0) is 28.4. The molecule has 0 bridgehead atoms. The number of piperidine rings is 1. The van der Waals surface area contributed by atoms with Crippen LogP contribution in [0.15, 0.2) is 24.5 Å². The van der Waals surface area contributed by atoms with Crippen LogP contribution in [0.25, 0.3) is 22.3 Å². The first-order chi connectivity index (χ1) is 19.2. The number of carbonyl (C=O) groups excluding carboxylic acids is 1. The number of hydrogen-bond donors (Lipinski definition) is 0. The minimum absolute atomic E-state index is 0.0472. The van der Waals surface area contributed by atoms with E-state index >= 15 is 0 Å². The zero-order valence-corrected chi connectivity index (χ0v) is 22.3. The molecule has 1 atom stereocenters. The number of rotatable bonds is 7. The number of nitrogens with zero attached hydrogens (tertiary/aromatic N) is 7. The number of likely N-dealkylation sites (tertiary alicyclic amines) is 2. The lowest BCUT2D eigenvalue weighted by molar-refractivity contribution is -0.140. The Kier molecular flexibility index (Phi) is 7.91. The van der Waals surface area contributed by atoms with Crippen molar-refractivity contribution in [2.24, 2.45) is 7.05 Å². The monoisotopic (exact) mass is 557 g/mol. The van der Waals surface area contributed by atoms with Crippen molar-refractivity contribution in [1.29, 1.82) is 5.26 Å². The molecule has 3 aromatic rings. The molecule has 13 heteroatoms. The van der Waals surface area contributed by atoms with Gasteiger partial charge in [-0.05, 0) is 51.4 Å². The molecule has 0 saturated carbocycles. The third kappa shape index (κ3) is 5.73. The minimum atomic E-state index is -4.73. The molecular formula is C27H30F3N7O3. The number of ether oxygens (including phenoxy) is 2. The van der Waals surface area contributed by atoms with Crippen LogP contribution in [0.2, 0.25) is 0 Å². The van der Waals surface area contributed by atoms with Crippen molar-refractivity contribution in [3.05, 3.63) is 35.9 Å². The van der Waals surface area contributed by atoms with Crippen molar-refractivity contribution < 1.29 is 27.4 Å². The summed E-state index contributed by atoms with van der Waals surface area (Å²) in [5, 5.41) is 9.80. The Hall–Kier alpha value is -3.76. The fourth-order valence-electron chi connectivity index (χ4n) is 5.34. The minimum Gasteiger partial charge on any atom is -0.475 e. The van der Waals surface area contributed by atoms with Crippen LogP contribution in [0.1, 0.15) is 37.1 Å². The number of fused-ring (bicyclic) bond motifs is 1. The summed E-state index contributed by atoms with van der Waals surface area (Å²) >= 11 is 0. The molecular weight excluding hydrogens is 527 g/mol. The molecule has 2 aliphatic rings. The summed E-state index contributed by atoms with van der Waals surface area (Å²) < 4.78 is 54.8. The number of carbonyl (C=O) groups is 1. The molecule has 0 unspecified atom stereocenters. The predicted octanol–water partition coefficient (Wildman–Crippen LogP) is 3.40. The van der Waals surface area contributed by atoms with Gasteiger partial charge in [-0.15, -0.1) is 0 Å². The highest BCUT2D eigenvalue weighted by atomic mass is 19.4. The highest BCUT2D eigenvalue weighted by molar-refractivity contribution is 5.91. The first kappa shape index (κ1) is 27.8. The largest absolute Gasteiger partial charge is 0.475 e. The number of alkyl halides is 3. The van der Waals surface area contributed by atoms with E-state index in [1.807, 2.05) is 18.0 Å². The van der Waals surface area contributed by atoms with Gasteiger partial charge in [0.15, 0.2) is 0 Å². The van der Waals surface area contributed by atoms with E-state index in [4.69, 9.17) is 9.47 Å². The molecule has 0 aromatic carbocycles. The summed E-state index contributed by atoms with van der Waals surface area (Å²) in [7, 11) is 3.69. The van der Waals surface area contributed by atoms with Gasteiger partial charge in [-0.2, -0.15) is 18.4 Å². The molecule has 2 saturated heterocycles. The number of aromatic nitrogens is 4. The summed E-state index contributed by atoms with van der Waals surface area (Å²) in [6.45, 7) is 2.11. The van der Waals surface area contributed by atoms with E-state index in [0.717, 1.165) is 25.5 Å². The summed E-state index contributed by atoms with van der Waals surface area (Å²) in [5.41, 5.74) is -0.348. The van der Waals surface area contributed by atoms with Crippen LogP contribution in [0, 0.1) is 11.3 Å². The molecule has 212 valence electrons. The molecule has 0 N–H and O–H groups in total. The van der Waals surface area contributed by atoms with Crippen LogP contribution in [0.4, 0.5) is 13.2 Å². The van der Waals surface area contributed by atoms with Gasteiger partial charge in [-0.25, -0.2) is 15.0 Å². The molecule has 40 heavy (non-hydrogen) atoms. The molecule has 0 radical (unpaired) electrons. The number of aryl methyl sites for hydroxylation is 1. The average molecular weight is 558 g/mol. The number of pyridine rings is 1. The van der Waals surface area contributed by atoms with Crippen LogP contribution in [0.5, 0.6) is 5.88 Å². The summed E-state index contributed by atoms with van der Waals surface area (Å²) in [4.78, 5) is 29.0. The lowest BCUT2D eigenvalue weighted by atomic mass is 10.1. The fourth-order valence-corrected chi connectivity index (χ4v) is 5.34. The van der Waals surface area contributed by atoms with Gasteiger partial charge in [0, 0.05) is 43.5 Å². The second-order valence-corrected chi connectivity index (χ2v) is 10.1. The number of likely N-dealkylation sites (N-methyl/N-ethyl adjacent to an activating group) is 1. The SMILES string of the molecule is CN1CCC[C@H]1C(=O)N1CCC(OCCOc2ncc(-c3nc(C#N)nc4c3ccn4C)cc2C(F)(F)F)CC1. The van der Waals surface area contributed by atoms with Gasteiger partial charge in [0.25, 0.3) is 0 Å². The lowest BCUT2D eigenvalue weighted by Crippen LogP contribution is -2.48. The van der Waals surface area contributed by atoms with E-state index in [0.29, 0.717) is 37.0 Å². The molecule has 2 fully saturated rings. The van der Waals surface area contributed by atoms with Crippen LogP contribution < -0.4 is 4.74 Å². The van der Waals surface area contributed by atoms with Crippen LogP contribution in [-0.2, 0) is 22.8 Å². The molecule has 5 heterocycles. The second kappa shape index (κ2) is 11.4. The van der Waals surface area contributed by atoms with Crippen molar-refractivity contribution in [2.75, 3.05) is 39.9 Å². The highest BCUT2D eigenvalue weighted by Crippen LogP contribution is 2.38. The van der Waals surface area contributed by atoms with Gasteiger partial charge in [-0.3, -0.25) is 9.69 Å². The number of amides is 1. The Labute approximate surface area is 229 Å². The predicted molar refractivity (Wildman–Crippen MR) is 138 cm³/mol. The van der Waals surface area contributed by atoms with Gasteiger partial charge in [-0.1, -0.05) is 0 Å². The Balaban J connectivity index is 1.20. The smallest absolute Gasteiger partial charge is 0.421 e. The third-order valence-corrected chi connectivity index (χ3v) is 7.49. The van der Waals surface area contributed by atoms with Crippen molar-refractivity contribution in [3.63, 3.8) is 0 Å². The van der Waals surface area contributed by atoms with E-state index in [9.17, 15) is 23.2 Å². The van der Waals surface area contributed by atoms with E-state index in [1.54, 1.807) is 23.9 Å². The van der Waals surface area contributed by atoms with Gasteiger partial charge in [0.05, 0.1) is 24.4 Å². The molecule has 0 aliphatic carbocycles. The Morgan fingerprint density at radius 1 is 1.15 bits per heavy atom. The average Bonchev–Trinajstić information content (AvgIpc) is 3.55. The Bertz CT molecular complexity index is 1430. The normalized spacial score (nSPS) is 18.8. The molecule has 0 spiro atoms. The first-order valence-electron chi connectivity index (χ1n) is 13.2. The Morgan fingerprint density at radius 2 is 1.93 bits per heavy atom. The van der Waals surface area contributed by atoms with Gasteiger partial charge < -0.3 is 18.9 Å². The van der Waals surface area contributed by atoms with Gasteiger partial charge >= 0.3 is 6.18 Å². The second-order valence-electron chi connectivity index (χ2n) is 10.1. The van der Waals surface area contributed by atoms with Crippen LogP contribution in [-0.4, -0.2) is 87.3 Å². The highest BCUT2D eigenvalue weighted by Gasteiger charge is 2.36. The Morgan fingerprint density at radius 3 is 2.60 bits per heavy atom. The van der Waals surface area contributed by atoms with Crippen molar-refractivity contribution in [1.82, 2.24) is 29.3 Å². The zero-order valence-electron chi connectivity index (χ0n) is 22.3. The van der Waals surface area contributed by atoms with Crippen LogP contribution in [0.3, 0.4) is 0 Å². The van der Waals surface area contributed by atoms with Gasteiger partial charge in [0.1, 0.15) is 23.9 Å². The number of nitriles is 1.